The van der Waals surface area contributed by atoms with E-state index in [1.54, 1.807) is 34.6 Å². The van der Waals surface area contributed by atoms with Gasteiger partial charge in [0.2, 0.25) is 0 Å². The fourth-order valence-electron chi connectivity index (χ4n) is 0. The Morgan fingerprint density at radius 3 is 0.364 bits per heavy atom. The van der Waals surface area contributed by atoms with E-state index in [2.05, 4.69) is 34.6 Å². The molecular formula is C10H25Nb. The van der Waals surface area contributed by atoms with Crippen LogP contribution in [0.4, 0.5) is 0 Å². The summed E-state index contributed by atoms with van der Waals surface area (Å²) in [6.07, 6.45) is 0. The zero-order valence-electron chi connectivity index (χ0n) is 8.98. The summed E-state index contributed by atoms with van der Waals surface area (Å²) in [4.78, 5) is 0. The van der Waals surface area contributed by atoms with Crippen molar-refractivity contribution in [2.75, 3.05) is 0 Å². The quantitative estimate of drug-likeness (QED) is 0.438. The largest absolute Gasteiger partial charge is 5.00 e. The van der Waals surface area contributed by atoms with Crippen molar-refractivity contribution in [2.45, 2.75) is 34.6 Å². The molecule has 0 spiro atoms. The van der Waals surface area contributed by atoms with Gasteiger partial charge in [-0.1, -0.05) is 0 Å². The third-order valence-electron chi connectivity index (χ3n) is 0. The van der Waals surface area contributed by atoms with Crippen molar-refractivity contribution in [2.24, 2.45) is 0 Å². The molecule has 0 aliphatic heterocycles. The third-order valence-corrected chi connectivity index (χ3v) is 0. The molecule has 0 atom stereocenters. The minimum Gasteiger partial charge on any atom is -0.346 e. The second-order valence-corrected chi connectivity index (χ2v) is 0. The summed E-state index contributed by atoms with van der Waals surface area (Å²) in [5, 5.41) is 0. The van der Waals surface area contributed by atoms with Crippen LogP contribution < -0.4 is 0 Å². The fraction of sp³-hybridized carbons (Fsp3) is 0.500. The van der Waals surface area contributed by atoms with E-state index < -0.39 is 0 Å². The molecule has 0 fully saturated rings. The molecule has 0 unspecified atom stereocenters. The van der Waals surface area contributed by atoms with Crippen molar-refractivity contribution < 1.29 is 22.4 Å². The summed E-state index contributed by atoms with van der Waals surface area (Å²) in [5.41, 5.74) is 0. The van der Waals surface area contributed by atoms with Gasteiger partial charge in [0.1, 0.15) is 0 Å². The van der Waals surface area contributed by atoms with E-state index in [0.717, 1.165) is 0 Å². The smallest absolute Gasteiger partial charge is 0.346 e. The molecule has 0 aromatic rings. The van der Waals surface area contributed by atoms with E-state index in [0.29, 0.717) is 0 Å². The molecule has 0 saturated carbocycles. The molecule has 0 bridgehead atoms. The predicted octanol–water partition coefficient (Wildman–Crippen LogP) is 4.20. The van der Waals surface area contributed by atoms with Crippen LogP contribution in [0, 0.1) is 34.6 Å². The van der Waals surface area contributed by atoms with Gasteiger partial charge in [-0.15, -0.1) is 0 Å². The maximum absolute atomic E-state index is 3.25. The van der Waals surface area contributed by atoms with Crippen molar-refractivity contribution in [1.29, 1.82) is 0 Å². The first-order chi connectivity index (χ1) is 5.00. The van der Waals surface area contributed by atoms with Gasteiger partial charge in [-0.3, -0.25) is 0 Å². The number of rotatable bonds is 0. The van der Waals surface area contributed by atoms with Crippen LogP contribution in [0.25, 0.3) is 0 Å². The van der Waals surface area contributed by atoms with Gasteiger partial charge in [-0.2, -0.15) is 34.6 Å². The second-order valence-electron chi connectivity index (χ2n) is 0. The van der Waals surface area contributed by atoms with Crippen LogP contribution in [0.3, 0.4) is 0 Å². The first-order valence-electron chi connectivity index (χ1n) is 3.54. The van der Waals surface area contributed by atoms with Gasteiger partial charge in [0.05, 0.1) is 0 Å². The summed E-state index contributed by atoms with van der Waals surface area (Å²) in [7, 11) is 0. The van der Waals surface area contributed by atoms with E-state index in [4.69, 9.17) is 0 Å². The summed E-state index contributed by atoms with van der Waals surface area (Å²) in [6.45, 7) is 25.0. The molecule has 0 aromatic carbocycles. The summed E-state index contributed by atoms with van der Waals surface area (Å²) in [5.74, 6) is 0. The SMILES string of the molecule is [CH2-]C.[CH2-]C.[CH2-]C.[CH2-]C.[CH2-]C.[Nb+5]. The molecule has 0 aromatic heterocycles. The standard InChI is InChI=1S/5C2H5.Nb/c5*1-2;/h5*1H2,2H3;/q5*-1;+5. The zero-order chi connectivity index (χ0) is 10.0. The van der Waals surface area contributed by atoms with Crippen molar-refractivity contribution in [1.82, 2.24) is 0 Å². The molecule has 0 nitrogen and oxygen atoms in total. The van der Waals surface area contributed by atoms with Gasteiger partial charge in [-0.25, -0.2) is 0 Å². The van der Waals surface area contributed by atoms with Crippen LogP contribution >= 0.6 is 0 Å². The minimum absolute atomic E-state index is 0. The van der Waals surface area contributed by atoms with E-state index in [1.165, 1.54) is 0 Å². The minimum atomic E-state index is 0. The Kier molecular flexibility index (Phi) is 6950. The van der Waals surface area contributed by atoms with Crippen molar-refractivity contribution in [3.63, 3.8) is 0 Å². The molecule has 1 heteroatoms. The maximum Gasteiger partial charge on any atom is 5.00 e. The molecular weight excluding hydrogens is 213 g/mol. The van der Waals surface area contributed by atoms with E-state index in [1.807, 2.05) is 0 Å². The number of hydrogen-bond acceptors (Lipinski definition) is 0. The second kappa shape index (κ2) is 1860. The molecule has 0 radical (unpaired) electrons. The molecule has 0 aliphatic rings. The number of hydrogen-bond donors (Lipinski definition) is 0. The molecule has 0 saturated heterocycles. The first-order valence-corrected chi connectivity index (χ1v) is 3.54. The Labute approximate surface area is 91.7 Å². The average Bonchev–Trinajstić information content (AvgIpc) is 2.20. The molecule has 0 amide bonds. The Morgan fingerprint density at radius 2 is 0.364 bits per heavy atom. The summed E-state index contributed by atoms with van der Waals surface area (Å²) in [6, 6.07) is 0. The molecule has 0 heterocycles. The van der Waals surface area contributed by atoms with Crippen molar-refractivity contribution >= 4 is 0 Å². The van der Waals surface area contributed by atoms with Crippen molar-refractivity contribution in [3.05, 3.63) is 34.6 Å². The predicted molar refractivity (Wildman–Crippen MR) is 55.2 cm³/mol. The Balaban J connectivity index is -0.00000000694. The van der Waals surface area contributed by atoms with E-state index in [9.17, 15) is 0 Å². The molecule has 0 aliphatic carbocycles. The normalized spacial score (nSPS) is 2.73. The fourth-order valence-corrected chi connectivity index (χ4v) is 0. The first kappa shape index (κ1) is 41.1. The van der Waals surface area contributed by atoms with Crippen LogP contribution in [0.15, 0.2) is 0 Å². The van der Waals surface area contributed by atoms with Crippen LogP contribution in [0.1, 0.15) is 34.6 Å². The summed E-state index contributed by atoms with van der Waals surface area (Å²) >= 11 is 0. The Hall–Kier alpha value is 0.740. The molecule has 70 valence electrons. The molecule has 0 N–H and O–H groups in total. The zero-order valence-corrected chi connectivity index (χ0v) is 11.2. The third kappa shape index (κ3) is 1500. The van der Waals surface area contributed by atoms with E-state index >= 15 is 0 Å². The van der Waals surface area contributed by atoms with Gasteiger partial charge in [-0.05, 0) is 0 Å². The topological polar surface area (TPSA) is 0 Å². The monoisotopic (exact) mass is 238 g/mol. The van der Waals surface area contributed by atoms with Crippen LogP contribution in [0.2, 0.25) is 0 Å². The van der Waals surface area contributed by atoms with Crippen LogP contribution in [-0.4, -0.2) is 0 Å². The van der Waals surface area contributed by atoms with Crippen molar-refractivity contribution in [3.8, 4) is 0 Å². The average molecular weight is 238 g/mol. The maximum atomic E-state index is 3.25. The van der Waals surface area contributed by atoms with Gasteiger partial charge in [0.25, 0.3) is 0 Å². The van der Waals surface area contributed by atoms with Gasteiger partial charge >= 0.3 is 22.4 Å². The van der Waals surface area contributed by atoms with E-state index in [-0.39, 0.29) is 22.4 Å². The summed E-state index contributed by atoms with van der Waals surface area (Å²) < 4.78 is 0. The Bertz CT molecular complexity index is 4.83. The van der Waals surface area contributed by atoms with Crippen LogP contribution in [0.5, 0.6) is 0 Å². The van der Waals surface area contributed by atoms with Gasteiger partial charge in [0, 0.05) is 0 Å². The Morgan fingerprint density at radius 1 is 0.364 bits per heavy atom. The molecule has 11 heavy (non-hydrogen) atoms. The van der Waals surface area contributed by atoms with Crippen LogP contribution in [-0.2, 0) is 22.4 Å². The van der Waals surface area contributed by atoms with Gasteiger partial charge in [0.15, 0.2) is 0 Å². The van der Waals surface area contributed by atoms with Gasteiger partial charge < -0.3 is 34.6 Å². The molecule has 0 rings (SSSR count).